The van der Waals surface area contributed by atoms with Crippen LogP contribution in [0, 0.1) is 0 Å². The molecule has 2 aliphatic heterocycles. The zero-order chi connectivity index (χ0) is 14.2. The minimum Gasteiger partial charge on any atom is -0.340 e. The lowest BCUT2D eigenvalue weighted by Gasteiger charge is -2.32. The third-order valence-electron chi connectivity index (χ3n) is 4.67. The molecule has 0 N–H and O–H groups in total. The Morgan fingerprint density at radius 1 is 0.850 bits per heavy atom. The summed E-state index contributed by atoms with van der Waals surface area (Å²) in [5.41, 5.74) is 0. The molecule has 0 spiro atoms. The van der Waals surface area contributed by atoms with Crippen molar-refractivity contribution in [2.45, 2.75) is 44.9 Å². The topological polar surface area (TPSA) is 26.8 Å². The normalized spacial score (nSPS) is 22.1. The second-order valence-corrected chi connectivity index (χ2v) is 6.40. The fourth-order valence-corrected chi connectivity index (χ4v) is 3.19. The van der Waals surface area contributed by atoms with Crippen molar-refractivity contribution in [3.05, 3.63) is 0 Å². The van der Waals surface area contributed by atoms with E-state index in [1.807, 2.05) is 4.90 Å². The zero-order valence-electron chi connectivity index (χ0n) is 13.1. The van der Waals surface area contributed by atoms with E-state index < -0.39 is 0 Å². The molecule has 0 radical (unpaired) electrons. The summed E-state index contributed by atoms with van der Waals surface area (Å²) < 4.78 is 0. The van der Waals surface area contributed by atoms with Gasteiger partial charge in [0.15, 0.2) is 0 Å². The summed E-state index contributed by atoms with van der Waals surface area (Å²) in [6.07, 6.45) is 8.45. The molecule has 20 heavy (non-hydrogen) atoms. The quantitative estimate of drug-likeness (QED) is 0.695. The molecule has 0 aromatic heterocycles. The van der Waals surface area contributed by atoms with Gasteiger partial charge in [-0.1, -0.05) is 12.8 Å². The van der Waals surface area contributed by atoms with Gasteiger partial charge in [0, 0.05) is 32.6 Å². The minimum absolute atomic E-state index is 0.371. The van der Waals surface area contributed by atoms with E-state index in [1.54, 1.807) is 0 Å². The van der Waals surface area contributed by atoms with Crippen LogP contribution >= 0.6 is 0 Å². The van der Waals surface area contributed by atoms with Crippen LogP contribution in [0.15, 0.2) is 0 Å². The third kappa shape index (κ3) is 5.41. The van der Waals surface area contributed by atoms with Crippen molar-refractivity contribution < 1.29 is 4.79 Å². The lowest BCUT2D eigenvalue weighted by molar-refractivity contribution is -0.132. The van der Waals surface area contributed by atoms with Crippen molar-refractivity contribution >= 4 is 5.91 Å². The number of amides is 1. The van der Waals surface area contributed by atoms with E-state index in [-0.39, 0.29) is 0 Å². The largest absolute Gasteiger partial charge is 0.340 e. The summed E-state index contributed by atoms with van der Waals surface area (Å²) in [5, 5.41) is 0. The summed E-state index contributed by atoms with van der Waals surface area (Å²) in [6.45, 7) is 7.72. The van der Waals surface area contributed by atoms with E-state index in [9.17, 15) is 4.79 Å². The van der Waals surface area contributed by atoms with Gasteiger partial charge >= 0.3 is 0 Å². The number of piperazine rings is 1. The molecule has 2 fully saturated rings. The van der Waals surface area contributed by atoms with Crippen LogP contribution in [-0.4, -0.2) is 73.5 Å². The van der Waals surface area contributed by atoms with Gasteiger partial charge in [-0.3, -0.25) is 4.79 Å². The lowest BCUT2D eigenvalue weighted by Crippen LogP contribution is -2.47. The van der Waals surface area contributed by atoms with E-state index in [4.69, 9.17) is 0 Å². The number of hydrogen-bond donors (Lipinski definition) is 0. The second-order valence-electron chi connectivity index (χ2n) is 6.40. The van der Waals surface area contributed by atoms with Crippen LogP contribution in [0.1, 0.15) is 44.9 Å². The van der Waals surface area contributed by atoms with Gasteiger partial charge in [-0.2, -0.15) is 0 Å². The van der Waals surface area contributed by atoms with Crippen molar-refractivity contribution in [2.24, 2.45) is 0 Å². The van der Waals surface area contributed by atoms with Crippen LogP contribution in [0.4, 0.5) is 0 Å². The lowest BCUT2D eigenvalue weighted by atomic mass is 10.1. The first-order chi connectivity index (χ1) is 9.75. The highest BCUT2D eigenvalue weighted by Gasteiger charge is 2.18. The predicted octanol–water partition coefficient (Wildman–Crippen LogP) is 1.81. The van der Waals surface area contributed by atoms with Gasteiger partial charge in [0.1, 0.15) is 0 Å². The number of carbonyl (C=O) groups is 1. The molecule has 2 aliphatic rings. The summed E-state index contributed by atoms with van der Waals surface area (Å²) in [6, 6.07) is 0. The molecule has 1 amide bonds. The first kappa shape index (κ1) is 15.8. The van der Waals surface area contributed by atoms with Crippen LogP contribution < -0.4 is 0 Å². The molecule has 0 aromatic rings. The third-order valence-corrected chi connectivity index (χ3v) is 4.67. The average Bonchev–Trinajstić information content (AvgIpc) is 2.48. The molecule has 2 saturated heterocycles. The van der Waals surface area contributed by atoms with Crippen molar-refractivity contribution in [1.29, 1.82) is 0 Å². The maximum absolute atomic E-state index is 12.1. The molecule has 0 unspecified atom stereocenters. The summed E-state index contributed by atoms with van der Waals surface area (Å²) in [4.78, 5) is 19.0. The summed E-state index contributed by atoms with van der Waals surface area (Å²) in [7, 11) is 2.13. The molecule has 0 aromatic carbocycles. The molecule has 0 saturated carbocycles. The highest BCUT2D eigenvalue weighted by molar-refractivity contribution is 5.76. The number of nitrogens with zero attached hydrogens (tertiary/aromatic N) is 3. The molecular weight excluding hydrogens is 250 g/mol. The van der Waals surface area contributed by atoms with Crippen LogP contribution in [0.3, 0.4) is 0 Å². The maximum Gasteiger partial charge on any atom is 0.222 e. The highest BCUT2D eigenvalue weighted by atomic mass is 16.2. The smallest absolute Gasteiger partial charge is 0.222 e. The molecule has 2 heterocycles. The number of likely N-dealkylation sites (N-methyl/N-ethyl adjacent to an activating group) is 1. The number of likely N-dealkylation sites (tertiary alicyclic amines) is 1. The van der Waals surface area contributed by atoms with Gasteiger partial charge in [0.25, 0.3) is 0 Å². The fraction of sp³-hybridized carbons (Fsp3) is 0.938. The SMILES string of the molecule is CN1CCN(C(=O)CCCCCN2CCCCC2)CC1. The average molecular weight is 281 g/mol. The Balaban J connectivity index is 1.49. The maximum atomic E-state index is 12.1. The van der Waals surface area contributed by atoms with Crippen molar-refractivity contribution in [3.8, 4) is 0 Å². The monoisotopic (exact) mass is 281 g/mol. The van der Waals surface area contributed by atoms with Gasteiger partial charge in [-0.25, -0.2) is 0 Å². The Morgan fingerprint density at radius 3 is 2.25 bits per heavy atom. The molecule has 0 aliphatic carbocycles. The van der Waals surface area contributed by atoms with Crippen LogP contribution in [0.25, 0.3) is 0 Å². The van der Waals surface area contributed by atoms with E-state index >= 15 is 0 Å². The Bertz CT molecular complexity index is 281. The van der Waals surface area contributed by atoms with E-state index in [2.05, 4.69) is 16.8 Å². The summed E-state index contributed by atoms with van der Waals surface area (Å²) in [5.74, 6) is 0.371. The number of piperidine rings is 1. The van der Waals surface area contributed by atoms with Crippen LogP contribution in [-0.2, 0) is 4.79 Å². The Morgan fingerprint density at radius 2 is 1.55 bits per heavy atom. The van der Waals surface area contributed by atoms with Gasteiger partial charge < -0.3 is 14.7 Å². The van der Waals surface area contributed by atoms with E-state index in [0.29, 0.717) is 5.91 Å². The number of hydrogen-bond acceptors (Lipinski definition) is 3. The fourth-order valence-electron chi connectivity index (χ4n) is 3.19. The van der Waals surface area contributed by atoms with E-state index in [0.717, 1.165) is 39.0 Å². The number of unbranched alkanes of at least 4 members (excludes halogenated alkanes) is 2. The molecule has 4 nitrogen and oxygen atoms in total. The second kappa shape index (κ2) is 8.63. The first-order valence-electron chi connectivity index (χ1n) is 8.44. The standard InChI is InChI=1S/C16H31N3O/c1-17-12-14-19(15-13-17)16(20)8-4-2-5-9-18-10-6-3-7-11-18/h2-15H2,1H3. The summed E-state index contributed by atoms with van der Waals surface area (Å²) >= 11 is 0. The van der Waals surface area contributed by atoms with Gasteiger partial charge in [0.2, 0.25) is 5.91 Å². The van der Waals surface area contributed by atoms with Gasteiger partial charge in [-0.15, -0.1) is 0 Å². The predicted molar refractivity (Wildman–Crippen MR) is 82.8 cm³/mol. The van der Waals surface area contributed by atoms with Gasteiger partial charge in [-0.05, 0) is 52.4 Å². The Kier molecular flexibility index (Phi) is 6.80. The van der Waals surface area contributed by atoms with Gasteiger partial charge in [0.05, 0.1) is 0 Å². The zero-order valence-corrected chi connectivity index (χ0v) is 13.1. The highest BCUT2D eigenvalue weighted by Crippen LogP contribution is 2.11. The molecule has 0 bridgehead atoms. The van der Waals surface area contributed by atoms with Crippen LogP contribution in [0.2, 0.25) is 0 Å². The molecule has 116 valence electrons. The minimum atomic E-state index is 0.371. The van der Waals surface area contributed by atoms with E-state index in [1.165, 1.54) is 51.7 Å². The Hall–Kier alpha value is -0.610. The molecule has 0 atom stereocenters. The Labute approximate surface area is 124 Å². The molecular formula is C16H31N3O. The molecule has 4 heteroatoms. The van der Waals surface area contributed by atoms with Crippen molar-refractivity contribution in [1.82, 2.24) is 14.7 Å². The van der Waals surface area contributed by atoms with Crippen molar-refractivity contribution in [3.63, 3.8) is 0 Å². The number of carbonyl (C=O) groups excluding carboxylic acids is 1. The number of rotatable bonds is 6. The van der Waals surface area contributed by atoms with Crippen molar-refractivity contribution in [2.75, 3.05) is 52.9 Å². The first-order valence-corrected chi connectivity index (χ1v) is 8.44. The van der Waals surface area contributed by atoms with Crippen LogP contribution in [0.5, 0.6) is 0 Å². The molecule has 2 rings (SSSR count).